The van der Waals surface area contributed by atoms with E-state index >= 15 is 0 Å². The van der Waals surface area contributed by atoms with Gasteiger partial charge in [0.05, 0.1) is 12.5 Å². The lowest BCUT2D eigenvalue weighted by atomic mass is 9.88. The van der Waals surface area contributed by atoms with Gasteiger partial charge in [-0.15, -0.1) is 0 Å². The number of carbonyl (C=O) groups is 1. The number of benzene rings is 1. The van der Waals surface area contributed by atoms with E-state index in [0.29, 0.717) is 17.9 Å². The maximum Gasteiger partial charge on any atom is 0.311 e. The number of carboxylic acid groups (broad SMARTS) is 1. The van der Waals surface area contributed by atoms with Crippen molar-refractivity contribution in [2.45, 2.75) is 26.7 Å². The smallest absolute Gasteiger partial charge is 0.311 e. The molecule has 0 saturated carbocycles. The molecule has 0 saturated heterocycles. The summed E-state index contributed by atoms with van der Waals surface area (Å²) >= 11 is 0. The SMILES string of the molecule is CCOc1cc(C(C(=O)O)C(C)C)ccc1O. The predicted molar refractivity (Wildman–Crippen MR) is 64.5 cm³/mol. The minimum absolute atomic E-state index is 0.0217. The first-order valence-corrected chi connectivity index (χ1v) is 5.65. The van der Waals surface area contributed by atoms with E-state index < -0.39 is 11.9 Å². The summed E-state index contributed by atoms with van der Waals surface area (Å²) in [5.74, 6) is -1.12. The van der Waals surface area contributed by atoms with Gasteiger partial charge in [-0.25, -0.2) is 0 Å². The molecule has 94 valence electrons. The van der Waals surface area contributed by atoms with Crippen molar-refractivity contribution in [2.75, 3.05) is 6.61 Å². The number of carboxylic acids is 1. The molecular formula is C13H18O4. The largest absolute Gasteiger partial charge is 0.504 e. The van der Waals surface area contributed by atoms with E-state index in [0.717, 1.165) is 0 Å². The van der Waals surface area contributed by atoms with Crippen molar-refractivity contribution in [3.05, 3.63) is 23.8 Å². The van der Waals surface area contributed by atoms with Gasteiger partial charge in [0.2, 0.25) is 0 Å². The highest BCUT2D eigenvalue weighted by molar-refractivity contribution is 5.76. The predicted octanol–water partition coefficient (Wildman–Crippen LogP) is 2.62. The Labute approximate surface area is 101 Å². The Morgan fingerprint density at radius 3 is 2.53 bits per heavy atom. The minimum Gasteiger partial charge on any atom is -0.504 e. The summed E-state index contributed by atoms with van der Waals surface area (Å²) in [6.07, 6.45) is 0. The van der Waals surface area contributed by atoms with Gasteiger partial charge in [0, 0.05) is 0 Å². The second-order valence-corrected chi connectivity index (χ2v) is 4.22. The maximum absolute atomic E-state index is 11.2. The molecule has 1 unspecified atom stereocenters. The second-order valence-electron chi connectivity index (χ2n) is 4.22. The summed E-state index contributed by atoms with van der Waals surface area (Å²) in [5, 5.41) is 18.7. The molecule has 1 aromatic rings. The van der Waals surface area contributed by atoms with E-state index in [2.05, 4.69) is 0 Å². The van der Waals surface area contributed by atoms with Gasteiger partial charge in [-0.05, 0) is 30.5 Å². The standard InChI is InChI=1S/C13H18O4/c1-4-17-11-7-9(5-6-10(11)14)12(8(2)3)13(15)16/h5-8,12,14H,4H2,1-3H3,(H,15,16). The summed E-state index contributed by atoms with van der Waals surface area (Å²) in [7, 11) is 0. The normalized spacial score (nSPS) is 12.5. The van der Waals surface area contributed by atoms with Crippen LogP contribution in [0.2, 0.25) is 0 Å². The molecule has 1 rings (SSSR count). The van der Waals surface area contributed by atoms with Crippen LogP contribution in [0.3, 0.4) is 0 Å². The highest BCUT2D eigenvalue weighted by Gasteiger charge is 2.24. The molecule has 0 amide bonds. The van der Waals surface area contributed by atoms with Crippen LogP contribution < -0.4 is 4.74 Å². The molecule has 4 nitrogen and oxygen atoms in total. The van der Waals surface area contributed by atoms with Gasteiger partial charge in [-0.1, -0.05) is 19.9 Å². The van der Waals surface area contributed by atoms with Crippen molar-refractivity contribution in [3.63, 3.8) is 0 Å². The Bertz CT molecular complexity index is 398. The Balaban J connectivity index is 3.12. The highest BCUT2D eigenvalue weighted by atomic mass is 16.5. The van der Waals surface area contributed by atoms with E-state index in [1.54, 1.807) is 12.1 Å². The summed E-state index contributed by atoms with van der Waals surface area (Å²) in [5.41, 5.74) is 0.647. The molecule has 0 fully saturated rings. The fraction of sp³-hybridized carbons (Fsp3) is 0.462. The molecule has 0 aliphatic heterocycles. The number of phenols is 1. The lowest BCUT2D eigenvalue weighted by molar-refractivity contribution is -0.139. The minimum atomic E-state index is -0.867. The monoisotopic (exact) mass is 238 g/mol. The van der Waals surface area contributed by atoms with Crippen LogP contribution in [0.5, 0.6) is 11.5 Å². The van der Waals surface area contributed by atoms with E-state index in [1.165, 1.54) is 6.07 Å². The maximum atomic E-state index is 11.2. The van der Waals surface area contributed by atoms with Gasteiger partial charge in [0.15, 0.2) is 11.5 Å². The number of aliphatic carboxylic acids is 1. The summed E-state index contributed by atoms with van der Waals surface area (Å²) in [6, 6.07) is 4.69. The Morgan fingerprint density at radius 2 is 2.06 bits per heavy atom. The Morgan fingerprint density at radius 1 is 1.41 bits per heavy atom. The van der Waals surface area contributed by atoms with Crippen molar-refractivity contribution in [3.8, 4) is 11.5 Å². The third-order valence-corrected chi connectivity index (χ3v) is 2.58. The average Bonchev–Trinajstić information content (AvgIpc) is 2.22. The van der Waals surface area contributed by atoms with Gasteiger partial charge >= 0.3 is 5.97 Å². The number of phenolic OH excluding ortho intramolecular Hbond substituents is 1. The van der Waals surface area contributed by atoms with Crippen molar-refractivity contribution in [1.82, 2.24) is 0 Å². The number of hydrogen-bond acceptors (Lipinski definition) is 3. The van der Waals surface area contributed by atoms with Gasteiger partial charge in [0.25, 0.3) is 0 Å². The van der Waals surface area contributed by atoms with Gasteiger partial charge in [-0.2, -0.15) is 0 Å². The van der Waals surface area contributed by atoms with Crippen molar-refractivity contribution < 1.29 is 19.7 Å². The van der Waals surface area contributed by atoms with Crippen LogP contribution in [-0.4, -0.2) is 22.8 Å². The van der Waals surface area contributed by atoms with Gasteiger partial charge in [-0.3, -0.25) is 4.79 Å². The molecule has 0 aliphatic rings. The first kappa shape index (κ1) is 13.4. The molecule has 0 radical (unpaired) electrons. The Kier molecular flexibility index (Phi) is 4.37. The van der Waals surface area contributed by atoms with Gasteiger partial charge in [0.1, 0.15) is 0 Å². The van der Waals surface area contributed by atoms with Crippen LogP contribution in [0.25, 0.3) is 0 Å². The molecule has 0 aromatic heterocycles. The third kappa shape index (κ3) is 3.12. The average molecular weight is 238 g/mol. The van der Waals surface area contributed by atoms with Crippen LogP contribution in [0.4, 0.5) is 0 Å². The number of rotatable bonds is 5. The van der Waals surface area contributed by atoms with Crippen LogP contribution in [0.15, 0.2) is 18.2 Å². The van der Waals surface area contributed by atoms with Crippen LogP contribution >= 0.6 is 0 Å². The lowest BCUT2D eigenvalue weighted by Crippen LogP contribution is -2.17. The fourth-order valence-electron chi connectivity index (χ4n) is 1.81. The van der Waals surface area contributed by atoms with Crippen LogP contribution in [0, 0.1) is 5.92 Å². The van der Waals surface area contributed by atoms with E-state index in [1.807, 2.05) is 20.8 Å². The molecule has 0 aliphatic carbocycles. The number of ether oxygens (including phenoxy) is 1. The topological polar surface area (TPSA) is 66.8 Å². The Hall–Kier alpha value is -1.71. The van der Waals surface area contributed by atoms with Crippen molar-refractivity contribution in [1.29, 1.82) is 0 Å². The van der Waals surface area contributed by atoms with E-state index in [-0.39, 0.29) is 11.7 Å². The van der Waals surface area contributed by atoms with Crippen molar-refractivity contribution >= 4 is 5.97 Å². The molecule has 2 N–H and O–H groups in total. The van der Waals surface area contributed by atoms with E-state index in [9.17, 15) is 15.0 Å². The zero-order valence-electron chi connectivity index (χ0n) is 10.3. The van der Waals surface area contributed by atoms with Crippen molar-refractivity contribution in [2.24, 2.45) is 5.92 Å². The summed E-state index contributed by atoms with van der Waals surface area (Å²) in [4.78, 5) is 11.2. The van der Waals surface area contributed by atoms with Gasteiger partial charge < -0.3 is 14.9 Å². The summed E-state index contributed by atoms with van der Waals surface area (Å²) < 4.78 is 5.24. The first-order valence-electron chi connectivity index (χ1n) is 5.65. The molecule has 0 spiro atoms. The number of hydrogen-bond donors (Lipinski definition) is 2. The lowest BCUT2D eigenvalue weighted by Gasteiger charge is -2.17. The first-order chi connectivity index (χ1) is 7.97. The summed E-state index contributed by atoms with van der Waals surface area (Å²) in [6.45, 7) is 5.94. The zero-order valence-corrected chi connectivity index (χ0v) is 10.3. The molecule has 1 atom stereocenters. The molecule has 0 bridgehead atoms. The highest BCUT2D eigenvalue weighted by Crippen LogP contribution is 2.33. The second kappa shape index (κ2) is 5.57. The van der Waals surface area contributed by atoms with E-state index in [4.69, 9.17) is 4.74 Å². The molecule has 17 heavy (non-hydrogen) atoms. The number of aromatic hydroxyl groups is 1. The molecule has 4 heteroatoms. The zero-order chi connectivity index (χ0) is 13.0. The van der Waals surface area contributed by atoms with Crippen LogP contribution in [0.1, 0.15) is 32.3 Å². The fourth-order valence-corrected chi connectivity index (χ4v) is 1.81. The quantitative estimate of drug-likeness (QED) is 0.827. The van der Waals surface area contributed by atoms with Crippen LogP contribution in [-0.2, 0) is 4.79 Å². The molecule has 1 aromatic carbocycles. The molecular weight excluding hydrogens is 220 g/mol. The third-order valence-electron chi connectivity index (χ3n) is 2.58. The molecule has 0 heterocycles.